The molecule has 3 heterocycles. The van der Waals surface area contributed by atoms with Crippen molar-refractivity contribution in [2.75, 3.05) is 20.1 Å². The Hall–Kier alpha value is -0.710. The van der Waals surface area contributed by atoms with Gasteiger partial charge < -0.3 is 10.6 Å². The van der Waals surface area contributed by atoms with Gasteiger partial charge in [0, 0.05) is 43.8 Å². The third-order valence-corrected chi connectivity index (χ3v) is 5.86. The molecule has 0 unspecified atom stereocenters. The molecule has 0 aliphatic carbocycles. The fourth-order valence-corrected chi connectivity index (χ4v) is 4.29. The Morgan fingerprint density at radius 1 is 1.40 bits per heavy atom. The zero-order chi connectivity index (χ0) is 16.8. The zero-order valence-electron chi connectivity index (χ0n) is 14.7. The number of thiazole rings is 1. The summed E-state index contributed by atoms with van der Waals surface area (Å²) in [7, 11) is 1.83. The van der Waals surface area contributed by atoms with Crippen LogP contribution in [-0.4, -0.2) is 42.0 Å². The molecular weight excluding hydrogens is 465 g/mol. The maximum Gasteiger partial charge on any atom is 0.191 e. The van der Waals surface area contributed by atoms with Crippen molar-refractivity contribution in [1.82, 2.24) is 20.5 Å². The Labute approximate surface area is 175 Å². The standard InChI is InChI=1S/C17H25N5S2.HI/c1-13-9-19-16(24-13)10-20-17(18-2)21-15-3-6-22(7-4-15)11-14-5-8-23-12-14;/h5,8-9,12,15H,3-4,6-7,10-11H2,1-2H3,(H2,18,20,21);1H. The van der Waals surface area contributed by atoms with Crippen LogP contribution in [0.5, 0.6) is 0 Å². The van der Waals surface area contributed by atoms with Gasteiger partial charge in [-0.2, -0.15) is 11.3 Å². The minimum Gasteiger partial charge on any atom is -0.354 e. The predicted molar refractivity (Wildman–Crippen MR) is 118 cm³/mol. The first-order chi connectivity index (χ1) is 11.7. The number of hydrogen-bond acceptors (Lipinski definition) is 5. The molecule has 8 heteroatoms. The van der Waals surface area contributed by atoms with Crippen molar-refractivity contribution in [3.05, 3.63) is 38.5 Å². The number of nitrogens with one attached hydrogen (secondary N) is 2. The molecule has 0 aromatic carbocycles. The number of nitrogens with zero attached hydrogens (tertiary/aromatic N) is 3. The number of halogens is 1. The normalized spacial score (nSPS) is 16.5. The van der Waals surface area contributed by atoms with Crippen LogP contribution in [0.2, 0.25) is 0 Å². The number of rotatable bonds is 5. The molecule has 138 valence electrons. The smallest absolute Gasteiger partial charge is 0.191 e. The second-order valence-corrected chi connectivity index (χ2v) is 8.22. The average Bonchev–Trinajstić information content (AvgIpc) is 3.25. The molecule has 2 N–H and O–H groups in total. The van der Waals surface area contributed by atoms with Crippen LogP contribution in [0.15, 0.2) is 28.0 Å². The number of hydrogen-bond donors (Lipinski definition) is 2. The van der Waals surface area contributed by atoms with Crippen molar-refractivity contribution in [2.45, 2.75) is 38.9 Å². The molecule has 0 atom stereocenters. The lowest BCUT2D eigenvalue weighted by Crippen LogP contribution is -2.48. The summed E-state index contributed by atoms with van der Waals surface area (Å²) in [4.78, 5) is 12.5. The molecule has 25 heavy (non-hydrogen) atoms. The molecule has 2 aromatic rings. The highest BCUT2D eigenvalue weighted by Gasteiger charge is 2.20. The molecule has 5 nitrogen and oxygen atoms in total. The zero-order valence-corrected chi connectivity index (χ0v) is 18.7. The van der Waals surface area contributed by atoms with Crippen LogP contribution >= 0.6 is 46.7 Å². The van der Waals surface area contributed by atoms with Crippen LogP contribution < -0.4 is 10.6 Å². The van der Waals surface area contributed by atoms with Crippen molar-refractivity contribution in [3.63, 3.8) is 0 Å². The molecular formula is C17H26IN5S2. The van der Waals surface area contributed by atoms with Gasteiger partial charge in [-0.25, -0.2) is 4.98 Å². The molecule has 0 saturated carbocycles. The number of likely N-dealkylation sites (tertiary alicyclic amines) is 1. The van der Waals surface area contributed by atoms with Gasteiger partial charge in [0.1, 0.15) is 5.01 Å². The van der Waals surface area contributed by atoms with Gasteiger partial charge in [-0.15, -0.1) is 35.3 Å². The maximum absolute atomic E-state index is 4.38. The van der Waals surface area contributed by atoms with E-state index in [2.05, 4.69) is 49.3 Å². The third-order valence-electron chi connectivity index (χ3n) is 4.21. The Morgan fingerprint density at radius 2 is 2.20 bits per heavy atom. The van der Waals surface area contributed by atoms with E-state index in [0.717, 1.165) is 50.0 Å². The Morgan fingerprint density at radius 3 is 2.80 bits per heavy atom. The molecule has 2 aromatic heterocycles. The van der Waals surface area contributed by atoms with Crippen molar-refractivity contribution in [3.8, 4) is 0 Å². The first kappa shape index (κ1) is 20.6. The summed E-state index contributed by atoms with van der Waals surface area (Å²) in [6.07, 6.45) is 4.23. The summed E-state index contributed by atoms with van der Waals surface area (Å²) in [5.41, 5.74) is 1.43. The van der Waals surface area contributed by atoms with Gasteiger partial charge in [0.2, 0.25) is 0 Å². The lowest BCUT2D eigenvalue weighted by molar-refractivity contribution is 0.198. The van der Waals surface area contributed by atoms with Crippen LogP contribution in [0, 0.1) is 6.92 Å². The van der Waals surface area contributed by atoms with E-state index in [0.29, 0.717) is 6.04 Å². The van der Waals surface area contributed by atoms with Crippen LogP contribution in [0.4, 0.5) is 0 Å². The number of aromatic nitrogens is 1. The van der Waals surface area contributed by atoms with Gasteiger partial charge in [0.05, 0.1) is 6.54 Å². The van der Waals surface area contributed by atoms with Crippen molar-refractivity contribution < 1.29 is 0 Å². The Balaban J connectivity index is 0.00000225. The van der Waals surface area contributed by atoms with Crippen molar-refractivity contribution in [1.29, 1.82) is 0 Å². The molecule has 1 saturated heterocycles. The quantitative estimate of drug-likeness (QED) is 0.382. The van der Waals surface area contributed by atoms with E-state index in [9.17, 15) is 0 Å². The Kier molecular flexibility index (Phi) is 8.60. The average molecular weight is 491 g/mol. The molecule has 1 aliphatic rings. The minimum atomic E-state index is 0. The number of aliphatic imine (C=N–C) groups is 1. The van der Waals surface area contributed by atoms with Gasteiger partial charge in [0.15, 0.2) is 5.96 Å². The highest BCUT2D eigenvalue weighted by atomic mass is 127. The predicted octanol–water partition coefficient (Wildman–Crippen LogP) is 3.46. The monoisotopic (exact) mass is 491 g/mol. The number of aryl methyl sites for hydroxylation is 1. The molecule has 0 amide bonds. The topological polar surface area (TPSA) is 52.6 Å². The summed E-state index contributed by atoms with van der Waals surface area (Å²) < 4.78 is 0. The summed E-state index contributed by atoms with van der Waals surface area (Å²) in [6.45, 7) is 6.16. The number of guanidine groups is 1. The first-order valence-electron chi connectivity index (χ1n) is 8.35. The fraction of sp³-hybridized carbons (Fsp3) is 0.529. The van der Waals surface area contributed by atoms with Crippen LogP contribution in [0.1, 0.15) is 28.3 Å². The summed E-state index contributed by atoms with van der Waals surface area (Å²) >= 11 is 3.50. The highest BCUT2D eigenvalue weighted by Crippen LogP contribution is 2.15. The SMILES string of the molecule is CN=C(NCc1ncc(C)s1)NC1CCN(Cc2ccsc2)CC1.I. The molecule has 1 aliphatic heterocycles. The van der Waals surface area contributed by atoms with E-state index in [1.54, 1.807) is 22.7 Å². The summed E-state index contributed by atoms with van der Waals surface area (Å²) in [5.74, 6) is 0.874. The maximum atomic E-state index is 4.38. The fourth-order valence-electron chi connectivity index (χ4n) is 2.91. The van der Waals surface area contributed by atoms with Crippen LogP contribution in [-0.2, 0) is 13.1 Å². The third kappa shape index (κ3) is 6.50. The van der Waals surface area contributed by atoms with Gasteiger partial charge >= 0.3 is 0 Å². The second-order valence-electron chi connectivity index (χ2n) is 6.12. The van der Waals surface area contributed by atoms with E-state index < -0.39 is 0 Å². The molecule has 0 spiro atoms. The van der Waals surface area contributed by atoms with Gasteiger partial charge in [-0.3, -0.25) is 9.89 Å². The van der Waals surface area contributed by atoms with Crippen LogP contribution in [0.3, 0.4) is 0 Å². The largest absolute Gasteiger partial charge is 0.354 e. The van der Waals surface area contributed by atoms with Gasteiger partial charge in [0.25, 0.3) is 0 Å². The highest BCUT2D eigenvalue weighted by molar-refractivity contribution is 14.0. The number of piperidine rings is 1. The number of thiophene rings is 1. The van der Waals surface area contributed by atoms with Crippen molar-refractivity contribution >= 4 is 52.6 Å². The van der Waals surface area contributed by atoms with Gasteiger partial charge in [-0.1, -0.05) is 0 Å². The van der Waals surface area contributed by atoms with Gasteiger partial charge in [-0.05, 0) is 42.2 Å². The lowest BCUT2D eigenvalue weighted by Gasteiger charge is -2.32. The molecule has 0 radical (unpaired) electrons. The summed E-state index contributed by atoms with van der Waals surface area (Å²) in [6, 6.07) is 2.72. The van der Waals surface area contributed by atoms with Crippen molar-refractivity contribution in [2.24, 2.45) is 4.99 Å². The van der Waals surface area contributed by atoms with E-state index in [1.807, 2.05) is 13.2 Å². The summed E-state index contributed by atoms with van der Waals surface area (Å²) in [5, 5.41) is 12.4. The lowest BCUT2D eigenvalue weighted by atomic mass is 10.0. The molecule has 3 rings (SSSR count). The van der Waals surface area contributed by atoms with E-state index >= 15 is 0 Å². The van der Waals surface area contributed by atoms with Crippen LogP contribution in [0.25, 0.3) is 0 Å². The van der Waals surface area contributed by atoms with E-state index in [4.69, 9.17) is 0 Å². The van der Waals surface area contributed by atoms with E-state index in [-0.39, 0.29) is 24.0 Å². The molecule has 0 bridgehead atoms. The Bertz CT molecular complexity index is 648. The molecule has 1 fully saturated rings. The van der Waals surface area contributed by atoms with E-state index in [1.165, 1.54) is 10.4 Å². The minimum absolute atomic E-state index is 0. The first-order valence-corrected chi connectivity index (χ1v) is 10.1. The second kappa shape index (κ2) is 10.4.